The van der Waals surface area contributed by atoms with Gasteiger partial charge in [0, 0.05) is 20.3 Å². The van der Waals surface area contributed by atoms with Crippen LogP contribution in [-0.2, 0) is 9.53 Å². The average molecular weight is 281 g/mol. The zero-order valence-corrected chi connectivity index (χ0v) is 12.3. The van der Waals surface area contributed by atoms with Gasteiger partial charge in [-0.05, 0) is 43.5 Å². The highest BCUT2D eigenvalue weighted by Gasteiger charge is 2.07. The Morgan fingerprint density at radius 3 is 2.80 bits per heavy atom. The van der Waals surface area contributed by atoms with Crippen LogP contribution in [0.25, 0.3) is 0 Å². The van der Waals surface area contributed by atoms with Crippen molar-refractivity contribution in [3.05, 3.63) is 29.3 Å². The Morgan fingerprint density at radius 1 is 1.45 bits per heavy atom. The van der Waals surface area contributed by atoms with Gasteiger partial charge in [0.2, 0.25) is 0 Å². The number of aliphatic hydroxyl groups excluding tert-OH is 1. The number of carbonyl (C=O) groups excluding carboxylic acids is 1. The number of hydrogen-bond acceptors (Lipinski definition) is 4. The van der Waals surface area contributed by atoms with Gasteiger partial charge in [-0.2, -0.15) is 0 Å². The summed E-state index contributed by atoms with van der Waals surface area (Å²) >= 11 is 0. The number of ether oxygens (including phenoxy) is 2. The molecule has 20 heavy (non-hydrogen) atoms. The summed E-state index contributed by atoms with van der Waals surface area (Å²) in [6.07, 6.45) is 0.275. The fourth-order valence-corrected chi connectivity index (χ4v) is 1.73. The lowest BCUT2D eigenvalue weighted by Crippen LogP contribution is -2.30. The highest BCUT2D eigenvalue weighted by Crippen LogP contribution is 2.22. The number of aryl methyl sites for hydroxylation is 1. The number of carbonyl (C=O) groups is 1. The lowest BCUT2D eigenvalue weighted by molar-refractivity contribution is -0.123. The third-order valence-corrected chi connectivity index (χ3v) is 2.89. The van der Waals surface area contributed by atoms with Gasteiger partial charge in [0.05, 0.1) is 6.10 Å². The van der Waals surface area contributed by atoms with Crippen molar-refractivity contribution in [1.82, 2.24) is 5.32 Å². The number of hydrogen-bond donors (Lipinski definition) is 2. The third kappa shape index (κ3) is 5.59. The van der Waals surface area contributed by atoms with E-state index in [0.717, 1.165) is 17.5 Å². The van der Waals surface area contributed by atoms with E-state index in [9.17, 15) is 9.90 Å². The van der Waals surface area contributed by atoms with E-state index >= 15 is 0 Å². The molecule has 1 atom stereocenters. The number of rotatable bonds is 8. The summed E-state index contributed by atoms with van der Waals surface area (Å²) in [5.74, 6) is 0.501. The molecule has 0 saturated heterocycles. The van der Waals surface area contributed by atoms with Crippen LogP contribution >= 0.6 is 0 Å². The van der Waals surface area contributed by atoms with Gasteiger partial charge in [-0.25, -0.2) is 0 Å². The average Bonchev–Trinajstić information content (AvgIpc) is 2.42. The molecule has 0 aliphatic rings. The van der Waals surface area contributed by atoms with Crippen LogP contribution in [0.2, 0.25) is 0 Å². The summed E-state index contributed by atoms with van der Waals surface area (Å²) in [5, 5.41) is 12.2. The predicted molar refractivity (Wildman–Crippen MR) is 76.8 cm³/mol. The van der Waals surface area contributed by atoms with E-state index < -0.39 is 6.10 Å². The van der Waals surface area contributed by atoms with Crippen molar-refractivity contribution in [2.45, 2.75) is 26.4 Å². The number of nitrogens with one attached hydrogen (secondary N) is 1. The molecule has 5 heteroatoms. The Balaban J connectivity index is 2.39. The quantitative estimate of drug-likeness (QED) is 0.710. The largest absolute Gasteiger partial charge is 0.484 e. The summed E-state index contributed by atoms with van der Waals surface area (Å²) in [4.78, 5) is 11.5. The first kappa shape index (κ1) is 16.5. The number of amides is 1. The highest BCUT2D eigenvalue weighted by molar-refractivity contribution is 5.77. The van der Waals surface area contributed by atoms with Crippen molar-refractivity contribution >= 4 is 5.91 Å². The smallest absolute Gasteiger partial charge is 0.257 e. The van der Waals surface area contributed by atoms with Crippen LogP contribution in [0.3, 0.4) is 0 Å². The maximum Gasteiger partial charge on any atom is 0.257 e. The summed E-state index contributed by atoms with van der Waals surface area (Å²) in [7, 11) is 1.63. The Hall–Kier alpha value is -1.59. The van der Waals surface area contributed by atoms with Gasteiger partial charge < -0.3 is 19.9 Å². The van der Waals surface area contributed by atoms with Crippen LogP contribution in [0.4, 0.5) is 0 Å². The maximum absolute atomic E-state index is 11.5. The molecule has 112 valence electrons. The summed E-state index contributed by atoms with van der Waals surface area (Å²) in [5.41, 5.74) is 1.73. The molecule has 0 aliphatic carbocycles. The molecule has 1 aromatic rings. The Labute approximate surface area is 119 Å². The van der Waals surface area contributed by atoms with Gasteiger partial charge in [0.15, 0.2) is 6.61 Å². The molecule has 5 nitrogen and oxygen atoms in total. The van der Waals surface area contributed by atoms with Gasteiger partial charge in [-0.3, -0.25) is 4.79 Å². The van der Waals surface area contributed by atoms with Crippen molar-refractivity contribution in [1.29, 1.82) is 0 Å². The fourth-order valence-electron chi connectivity index (χ4n) is 1.73. The zero-order valence-electron chi connectivity index (χ0n) is 12.3. The van der Waals surface area contributed by atoms with E-state index in [1.54, 1.807) is 26.2 Å². The molecule has 2 N–H and O–H groups in total. The monoisotopic (exact) mass is 281 g/mol. The van der Waals surface area contributed by atoms with Crippen LogP contribution in [-0.4, -0.2) is 37.9 Å². The van der Waals surface area contributed by atoms with Gasteiger partial charge in [-0.15, -0.1) is 0 Å². The van der Waals surface area contributed by atoms with Crippen molar-refractivity contribution in [3.63, 3.8) is 0 Å². The third-order valence-electron chi connectivity index (χ3n) is 2.89. The molecular formula is C15H23NO4. The van der Waals surface area contributed by atoms with Crippen LogP contribution in [0.15, 0.2) is 18.2 Å². The first-order valence-corrected chi connectivity index (χ1v) is 6.71. The standard InChI is InChI=1S/C15H23NO4/c1-11-9-13(12(2)17)5-6-14(11)20-10-15(18)16-7-4-8-19-3/h5-6,9,12,17H,4,7-8,10H2,1-3H3,(H,16,18)/t12-/m1/s1. The van der Waals surface area contributed by atoms with Crippen molar-refractivity contribution in [3.8, 4) is 5.75 Å². The molecule has 0 aliphatic heterocycles. The fraction of sp³-hybridized carbons (Fsp3) is 0.533. The summed E-state index contributed by atoms with van der Waals surface area (Å²) < 4.78 is 10.4. The molecule has 0 spiro atoms. The SMILES string of the molecule is COCCCNC(=O)COc1ccc([C@@H](C)O)cc1C. The highest BCUT2D eigenvalue weighted by atomic mass is 16.5. The minimum Gasteiger partial charge on any atom is -0.484 e. The number of methoxy groups -OCH3 is 1. The molecule has 1 amide bonds. The van der Waals surface area contributed by atoms with Crippen molar-refractivity contribution < 1.29 is 19.4 Å². The summed E-state index contributed by atoms with van der Waals surface area (Å²) in [6.45, 7) is 4.79. The molecule has 0 aromatic heterocycles. The molecule has 0 heterocycles. The lowest BCUT2D eigenvalue weighted by atomic mass is 10.1. The van der Waals surface area contributed by atoms with Gasteiger partial charge in [-0.1, -0.05) is 6.07 Å². The zero-order chi connectivity index (χ0) is 15.0. The first-order chi connectivity index (χ1) is 9.54. The van der Waals surface area contributed by atoms with Crippen molar-refractivity contribution in [2.24, 2.45) is 0 Å². The molecule has 0 saturated carbocycles. The second-order valence-corrected chi connectivity index (χ2v) is 4.69. The van der Waals surface area contributed by atoms with Crippen molar-refractivity contribution in [2.75, 3.05) is 26.9 Å². The van der Waals surface area contributed by atoms with Gasteiger partial charge in [0.25, 0.3) is 5.91 Å². The Bertz CT molecular complexity index is 432. The van der Waals surface area contributed by atoms with Gasteiger partial charge in [0.1, 0.15) is 5.75 Å². The van der Waals surface area contributed by atoms with E-state index in [2.05, 4.69) is 5.32 Å². The molecule has 1 rings (SSSR count). The Morgan fingerprint density at radius 2 is 2.20 bits per heavy atom. The summed E-state index contributed by atoms with van der Waals surface area (Å²) in [6, 6.07) is 5.43. The number of aliphatic hydroxyl groups is 1. The van der Waals surface area contributed by atoms with Gasteiger partial charge >= 0.3 is 0 Å². The van der Waals surface area contributed by atoms with Crippen LogP contribution in [0.1, 0.15) is 30.6 Å². The van der Waals surface area contributed by atoms with Crippen LogP contribution in [0.5, 0.6) is 5.75 Å². The number of benzene rings is 1. The second-order valence-electron chi connectivity index (χ2n) is 4.69. The van der Waals surface area contributed by atoms with Crippen LogP contribution in [0, 0.1) is 6.92 Å². The normalized spacial score (nSPS) is 12.0. The first-order valence-electron chi connectivity index (χ1n) is 6.71. The second kappa shape index (κ2) is 8.55. The molecule has 0 radical (unpaired) electrons. The van der Waals surface area contributed by atoms with E-state index in [1.807, 2.05) is 13.0 Å². The minimum atomic E-state index is -0.508. The van der Waals surface area contributed by atoms with E-state index in [-0.39, 0.29) is 12.5 Å². The minimum absolute atomic E-state index is 0.0121. The molecule has 0 bridgehead atoms. The van der Waals surface area contributed by atoms with E-state index in [4.69, 9.17) is 9.47 Å². The topological polar surface area (TPSA) is 67.8 Å². The molecule has 0 fully saturated rings. The predicted octanol–water partition coefficient (Wildman–Crippen LogP) is 1.58. The van der Waals surface area contributed by atoms with Crippen LogP contribution < -0.4 is 10.1 Å². The Kier molecular flexibility index (Phi) is 7.04. The maximum atomic E-state index is 11.5. The van der Waals surface area contributed by atoms with E-state index in [0.29, 0.717) is 18.9 Å². The molecule has 0 unspecified atom stereocenters. The lowest BCUT2D eigenvalue weighted by Gasteiger charge is -2.12. The van der Waals surface area contributed by atoms with E-state index in [1.165, 1.54) is 0 Å². The molecular weight excluding hydrogens is 258 g/mol. The molecule has 1 aromatic carbocycles.